The Kier molecular flexibility index (Phi) is 19.6. The predicted octanol–water partition coefficient (Wildman–Crippen LogP) is 2.99. The molecular formula is C55H82N10O8. The number of amides is 8. The number of hydrogen-bond donors (Lipinski definition) is 8. The van der Waals surface area contributed by atoms with Crippen LogP contribution in [0.2, 0.25) is 0 Å². The monoisotopic (exact) mass is 1010 g/mol. The van der Waals surface area contributed by atoms with Crippen LogP contribution in [0.15, 0.2) is 48.5 Å². The molecule has 2 saturated heterocycles. The number of benzene rings is 2. The lowest BCUT2D eigenvalue weighted by Crippen LogP contribution is -2.59. The highest BCUT2D eigenvalue weighted by atomic mass is 16.2. The summed E-state index contributed by atoms with van der Waals surface area (Å²) in [5.41, 5.74) is 3.78. The Hall–Kier alpha value is -5.88. The molecule has 73 heavy (non-hydrogen) atoms. The Bertz CT molecular complexity index is 2320. The average Bonchev–Trinajstić information content (AvgIpc) is 3.99. The van der Waals surface area contributed by atoms with Crippen LogP contribution in [0.3, 0.4) is 0 Å². The van der Waals surface area contributed by atoms with Crippen LogP contribution in [-0.2, 0) is 51.2 Å². The van der Waals surface area contributed by atoms with Crippen molar-refractivity contribution in [3.8, 4) is 0 Å². The van der Waals surface area contributed by atoms with Crippen LogP contribution in [0.25, 0.3) is 0 Å². The molecule has 400 valence electrons. The van der Waals surface area contributed by atoms with Gasteiger partial charge in [-0.1, -0.05) is 83.1 Å². The van der Waals surface area contributed by atoms with Crippen molar-refractivity contribution < 1.29 is 38.4 Å². The molecular weight excluding hydrogens is 929 g/mol. The summed E-state index contributed by atoms with van der Waals surface area (Å²) in [6.07, 6.45) is 6.52. The van der Waals surface area contributed by atoms with E-state index in [1.165, 1.54) is 20.9 Å². The van der Waals surface area contributed by atoms with E-state index in [1.54, 1.807) is 27.9 Å². The average molecular weight is 1010 g/mol. The molecule has 0 aromatic heterocycles. The fraction of sp³-hybridized carbons (Fsp3) is 0.636. The number of carbonyl (C=O) groups excluding carboxylic acids is 8. The molecule has 8 N–H and O–H groups in total. The van der Waals surface area contributed by atoms with Gasteiger partial charge in [-0.05, 0) is 126 Å². The Morgan fingerprint density at radius 1 is 0.589 bits per heavy atom. The summed E-state index contributed by atoms with van der Waals surface area (Å²) in [5.74, 6) is -2.96. The second-order valence-electron chi connectivity index (χ2n) is 22.1. The van der Waals surface area contributed by atoms with Gasteiger partial charge in [0.15, 0.2) is 0 Å². The summed E-state index contributed by atoms with van der Waals surface area (Å²) in [6.45, 7) is 12.8. The van der Waals surface area contributed by atoms with Crippen LogP contribution < -0.4 is 42.5 Å². The van der Waals surface area contributed by atoms with Gasteiger partial charge in [0, 0.05) is 38.0 Å². The molecule has 0 spiro atoms. The fourth-order valence-electron chi connectivity index (χ4n) is 10.7. The van der Waals surface area contributed by atoms with Gasteiger partial charge in [0.2, 0.25) is 47.3 Å². The lowest BCUT2D eigenvalue weighted by atomic mass is 9.85. The minimum Gasteiger partial charge on any atom is -0.351 e. The number of rotatable bonds is 20. The van der Waals surface area contributed by atoms with E-state index in [1.807, 2.05) is 71.0 Å². The van der Waals surface area contributed by atoms with Gasteiger partial charge in [0.1, 0.15) is 24.2 Å². The predicted molar refractivity (Wildman–Crippen MR) is 278 cm³/mol. The molecule has 18 heteroatoms. The zero-order valence-electron chi connectivity index (χ0n) is 44.5. The van der Waals surface area contributed by atoms with Crippen molar-refractivity contribution in [2.45, 2.75) is 186 Å². The van der Waals surface area contributed by atoms with Crippen LogP contribution in [0, 0.1) is 11.3 Å². The maximum atomic E-state index is 14.5. The van der Waals surface area contributed by atoms with Crippen molar-refractivity contribution in [2.24, 2.45) is 11.3 Å². The standard InChI is InChI=1S/C55H82N10O8/c1-32(2)47(62-49(68)33(3)56-8)53(72)64-30-37(28-43(64)51(70)60-41-24-16-20-35-18-10-12-22-39(35)41)58-45(66)26-14-15-27-46(67)59-38-29-44(52(71)61-42-25-17-21-36-19-11-13-23-40(36)42)65(31-38)54(73)48(55(5,6)7)63-50(69)34(4)57-9/h10-13,18-19,22-23,32-34,37-38,41-44,47-48,56-57H,14-17,20-21,24-31H2,1-9H3,(H,58,66)(H,59,67)(H,60,70)(H,61,71)(H,62,68)(H,63,69). The molecule has 2 fully saturated rings. The summed E-state index contributed by atoms with van der Waals surface area (Å²) in [6, 6.07) is 9.84. The lowest BCUT2D eigenvalue weighted by molar-refractivity contribution is -0.144. The first-order valence-electron chi connectivity index (χ1n) is 26.6. The number of fused-ring (bicyclic) bond motifs is 2. The molecule has 10 unspecified atom stereocenters. The normalized spacial score (nSPS) is 23.2. The Labute approximate surface area is 431 Å². The SMILES string of the molecule is CNC(C)C(=O)NC(C(=O)N1CC(NC(=O)CCCCC(=O)NC2CC(C(=O)NC3CCCc4ccccc43)N(C(=O)C(NC(=O)C(C)NC)C(C)(C)C)C2)CC1C(=O)NC1CCCc2ccccc21)C(C)C. The number of likely N-dealkylation sites (N-methyl/N-ethyl adjacent to an activating group) is 2. The zero-order chi connectivity index (χ0) is 53.1. The van der Waals surface area contributed by atoms with Crippen molar-refractivity contribution in [2.75, 3.05) is 27.2 Å². The number of unbranched alkanes of at least 4 members (excludes halogenated alkanes) is 1. The largest absolute Gasteiger partial charge is 0.351 e. The minimum absolute atomic E-state index is 0.0730. The quantitative estimate of drug-likeness (QED) is 0.0903. The molecule has 0 bridgehead atoms. The number of carbonyl (C=O) groups is 8. The summed E-state index contributed by atoms with van der Waals surface area (Å²) in [7, 11) is 3.32. The Balaban J connectivity index is 1.07. The number of likely N-dealkylation sites (tertiary alicyclic amines) is 2. The van der Waals surface area contributed by atoms with E-state index in [2.05, 4.69) is 54.7 Å². The number of nitrogens with zero attached hydrogens (tertiary/aromatic N) is 2. The van der Waals surface area contributed by atoms with Crippen molar-refractivity contribution in [1.82, 2.24) is 52.3 Å². The smallest absolute Gasteiger partial charge is 0.246 e. The van der Waals surface area contributed by atoms with E-state index in [0.717, 1.165) is 49.7 Å². The molecule has 2 aliphatic carbocycles. The van der Waals surface area contributed by atoms with Gasteiger partial charge < -0.3 is 52.3 Å². The molecule has 8 amide bonds. The third kappa shape index (κ3) is 14.5. The number of nitrogens with one attached hydrogen (secondary N) is 8. The summed E-state index contributed by atoms with van der Waals surface area (Å²) in [4.78, 5) is 113. The molecule has 0 radical (unpaired) electrons. The van der Waals surface area contributed by atoms with Crippen molar-refractivity contribution in [3.05, 3.63) is 70.8 Å². The molecule has 18 nitrogen and oxygen atoms in total. The van der Waals surface area contributed by atoms with Gasteiger partial charge in [-0.25, -0.2) is 0 Å². The molecule has 2 heterocycles. The molecule has 4 aliphatic rings. The highest BCUT2D eigenvalue weighted by Gasteiger charge is 2.47. The van der Waals surface area contributed by atoms with Gasteiger partial charge in [0.05, 0.1) is 24.2 Å². The summed E-state index contributed by atoms with van der Waals surface area (Å²) in [5, 5.41) is 24.1. The zero-order valence-corrected chi connectivity index (χ0v) is 44.5. The summed E-state index contributed by atoms with van der Waals surface area (Å²) < 4.78 is 0. The fourth-order valence-corrected chi connectivity index (χ4v) is 10.7. The van der Waals surface area contributed by atoms with Crippen LogP contribution in [0.4, 0.5) is 0 Å². The first kappa shape index (κ1) is 56.4. The van der Waals surface area contributed by atoms with Gasteiger partial charge in [0.25, 0.3) is 0 Å². The van der Waals surface area contributed by atoms with Crippen LogP contribution in [0.5, 0.6) is 0 Å². The second kappa shape index (κ2) is 25.4. The van der Waals surface area contributed by atoms with Gasteiger partial charge in [-0.15, -0.1) is 0 Å². The first-order chi connectivity index (χ1) is 34.7. The van der Waals surface area contributed by atoms with Gasteiger partial charge >= 0.3 is 0 Å². The number of hydrogen-bond acceptors (Lipinski definition) is 10. The van der Waals surface area contributed by atoms with E-state index in [-0.39, 0.29) is 92.2 Å². The minimum atomic E-state index is -0.950. The van der Waals surface area contributed by atoms with Crippen molar-refractivity contribution in [3.63, 3.8) is 0 Å². The highest BCUT2D eigenvalue weighted by molar-refractivity contribution is 5.95. The van der Waals surface area contributed by atoms with Crippen molar-refractivity contribution in [1.29, 1.82) is 0 Å². The highest BCUT2D eigenvalue weighted by Crippen LogP contribution is 2.33. The van der Waals surface area contributed by atoms with Crippen LogP contribution in [0.1, 0.15) is 147 Å². The number of aryl methyl sites for hydroxylation is 2. The molecule has 0 saturated carbocycles. The molecule has 10 atom stereocenters. The van der Waals surface area contributed by atoms with Gasteiger partial charge in [-0.3, -0.25) is 38.4 Å². The van der Waals surface area contributed by atoms with E-state index >= 15 is 0 Å². The van der Waals surface area contributed by atoms with E-state index in [4.69, 9.17) is 0 Å². The van der Waals surface area contributed by atoms with Crippen molar-refractivity contribution >= 4 is 47.3 Å². The van der Waals surface area contributed by atoms with Crippen LogP contribution >= 0.6 is 0 Å². The second-order valence-corrected chi connectivity index (χ2v) is 22.1. The topological polar surface area (TPSA) is 239 Å². The Morgan fingerprint density at radius 3 is 1.44 bits per heavy atom. The maximum Gasteiger partial charge on any atom is 0.246 e. The van der Waals surface area contributed by atoms with E-state index in [9.17, 15) is 38.4 Å². The molecule has 2 aliphatic heterocycles. The molecule has 6 rings (SSSR count). The third-order valence-corrected chi connectivity index (χ3v) is 15.2. The van der Waals surface area contributed by atoms with Gasteiger partial charge in [-0.2, -0.15) is 0 Å². The lowest BCUT2D eigenvalue weighted by Gasteiger charge is -2.36. The van der Waals surface area contributed by atoms with E-state index in [0.29, 0.717) is 12.8 Å². The summed E-state index contributed by atoms with van der Waals surface area (Å²) >= 11 is 0. The molecule has 2 aromatic carbocycles. The molecule has 2 aromatic rings. The Morgan fingerprint density at radius 2 is 1.01 bits per heavy atom. The first-order valence-corrected chi connectivity index (χ1v) is 26.6. The van der Waals surface area contributed by atoms with E-state index < -0.39 is 65.6 Å². The van der Waals surface area contributed by atoms with Crippen LogP contribution in [-0.4, -0.2) is 133 Å². The third-order valence-electron chi connectivity index (χ3n) is 15.2. The maximum absolute atomic E-state index is 14.5.